The van der Waals surface area contributed by atoms with E-state index in [2.05, 4.69) is 9.88 Å². The van der Waals surface area contributed by atoms with Gasteiger partial charge in [0.2, 0.25) is 5.91 Å². The molecule has 1 saturated heterocycles. The van der Waals surface area contributed by atoms with Crippen LogP contribution in [0.1, 0.15) is 11.1 Å². The maximum Gasteiger partial charge on any atom is 0.239 e. The summed E-state index contributed by atoms with van der Waals surface area (Å²) < 4.78 is 0. The van der Waals surface area contributed by atoms with E-state index in [1.165, 1.54) is 5.56 Å². The van der Waals surface area contributed by atoms with Gasteiger partial charge in [0.25, 0.3) is 0 Å². The quantitative estimate of drug-likeness (QED) is 0.900. The van der Waals surface area contributed by atoms with Gasteiger partial charge in [-0.3, -0.25) is 14.7 Å². The van der Waals surface area contributed by atoms with Crippen LogP contribution in [0.3, 0.4) is 0 Å². The van der Waals surface area contributed by atoms with Gasteiger partial charge in [0.1, 0.15) is 0 Å². The van der Waals surface area contributed by atoms with Crippen molar-refractivity contribution in [1.29, 1.82) is 0 Å². The van der Waals surface area contributed by atoms with Crippen LogP contribution in [0, 0.1) is 0 Å². The number of nitrogens with zero attached hydrogens (tertiary/aromatic N) is 3. The second-order valence-electron chi connectivity index (χ2n) is 6.25. The molecule has 0 radical (unpaired) electrons. The van der Waals surface area contributed by atoms with Crippen LogP contribution in [-0.4, -0.2) is 52.9 Å². The predicted octanol–water partition coefficient (Wildman–Crippen LogP) is 1.30. The SMILES string of the molecule is N[C@@H](Cc1ccccc1)C(=O)N1CCN(Cc2ccncc2)CC1. The average Bonchev–Trinajstić information content (AvgIpc) is 2.63. The van der Waals surface area contributed by atoms with E-state index < -0.39 is 6.04 Å². The Morgan fingerprint density at radius 3 is 2.33 bits per heavy atom. The highest BCUT2D eigenvalue weighted by atomic mass is 16.2. The molecule has 2 N–H and O–H groups in total. The van der Waals surface area contributed by atoms with Crippen molar-refractivity contribution < 1.29 is 4.79 Å². The fraction of sp³-hybridized carbons (Fsp3) is 0.368. The molecule has 3 rings (SSSR count). The van der Waals surface area contributed by atoms with E-state index in [0.717, 1.165) is 38.3 Å². The van der Waals surface area contributed by atoms with Gasteiger partial charge in [0, 0.05) is 45.1 Å². The number of nitrogens with two attached hydrogens (primary N) is 1. The van der Waals surface area contributed by atoms with Gasteiger partial charge in [-0.25, -0.2) is 0 Å². The standard InChI is InChI=1S/C19H24N4O/c20-18(14-16-4-2-1-3-5-16)19(24)23-12-10-22(11-13-23)15-17-6-8-21-9-7-17/h1-9,18H,10-15,20H2/t18-/m0/s1. The highest BCUT2D eigenvalue weighted by Gasteiger charge is 2.25. The van der Waals surface area contributed by atoms with Gasteiger partial charge >= 0.3 is 0 Å². The van der Waals surface area contributed by atoms with Crippen molar-refractivity contribution in [2.24, 2.45) is 5.73 Å². The monoisotopic (exact) mass is 324 g/mol. The summed E-state index contributed by atoms with van der Waals surface area (Å²) in [5, 5.41) is 0. The number of hydrogen-bond donors (Lipinski definition) is 1. The number of hydrogen-bond acceptors (Lipinski definition) is 4. The van der Waals surface area contributed by atoms with Crippen LogP contribution in [-0.2, 0) is 17.8 Å². The Balaban J connectivity index is 1.48. The topological polar surface area (TPSA) is 62.5 Å². The Morgan fingerprint density at radius 1 is 1.00 bits per heavy atom. The van der Waals surface area contributed by atoms with Crippen molar-refractivity contribution in [2.75, 3.05) is 26.2 Å². The third-order valence-corrected chi connectivity index (χ3v) is 4.46. The number of benzene rings is 1. The predicted molar refractivity (Wildman–Crippen MR) is 94.2 cm³/mol. The molecule has 1 aliphatic heterocycles. The fourth-order valence-corrected chi connectivity index (χ4v) is 3.06. The smallest absolute Gasteiger partial charge is 0.239 e. The Bertz CT molecular complexity index is 639. The largest absolute Gasteiger partial charge is 0.339 e. The van der Waals surface area contributed by atoms with E-state index in [0.29, 0.717) is 6.42 Å². The highest BCUT2D eigenvalue weighted by molar-refractivity contribution is 5.82. The van der Waals surface area contributed by atoms with Gasteiger partial charge in [-0.05, 0) is 29.7 Å². The van der Waals surface area contributed by atoms with E-state index in [1.54, 1.807) is 0 Å². The fourth-order valence-electron chi connectivity index (χ4n) is 3.06. The van der Waals surface area contributed by atoms with Gasteiger partial charge in [0.05, 0.1) is 6.04 Å². The van der Waals surface area contributed by atoms with Crippen LogP contribution in [0.5, 0.6) is 0 Å². The minimum atomic E-state index is -0.459. The third-order valence-electron chi connectivity index (χ3n) is 4.46. The minimum Gasteiger partial charge on any atom is -0.339 e. The van der Waals surface area contributed by atoms with Crippen molar-refractivity contribution in [3.05, 3.63) is 66.0 Å². The maximum atomic E-state index is 12.5. The molecular weight excluding hydrogens is 300 g/mol. The van der Waals surface area contributed by atoms with Crippen LogP contribution in [0.25, 0.3) is 0 Å². The molecule has 2 heterocycles. The lowest BCUT2D eigenvalue weighted by atomic mass is 10.1. The molecule has 0 saturated carbocycles. The van der Waals surface area contributed by atoms with Crippen molar-refractivity contribution in [2.45, 2.75) is 19.0 Å². The Hall–Kier alpha value is -2.24. The van der Waals surface area contributed by atoms with Crippen LogP contribution in [0.4, 0.5) is 0 Å². The summed E-state index contributed by atoms with van der Waals surface area (Å²) in [5.74, 6) is 0.0578. The van der Waals surface area contributed by atoms with Gasteiger partial charge in [-0.15, -0.1) is 0 Å². The second-order valence-corrected chi connectivity index (χ2v) is 6.25. The maximum absolute atomic E-state index is 12.5. The number of aromatic nitrogens is 1. The number of amides is 1. The van der Waals surface area contributed by atoms with E-state index in [9.17, 15) is 4.79 Å². The molecular formula is C19H24N4O. The number of piperazine rings is 1. The molecule has 5 nitrogen and oxygen atoms in total. The van der Waals surface area contributed by atoms with Crippen LogP contribution < -0.4 is 5.73 Å². The van der Waals surface area contributed by atoms with Crippen molar-refractivity contribution in [1.82, 2.24) is 14.8 Å². The van der Waals surface area contributed by atoms with Crippen LogP contribution >= 0.6 is 0 Å². The van der Waals surface area contributed by atoms with Crippen LogP contribution in [0.15, 0.2) is 54.9 Å². The lowest BCUT2D eigenvalue weighted by Crippen LogP contribution is -2.53. The summed E-state index contributed by atoms with van der Waals surface area (Å²) in [4.78, 5) is 20.8. The normalized spacial score (nSPS) is 16.8. The zero-order valence-electron chi connectivity index (χ0n) is 13.8. The summed E-state index contributed by atoms with van der Waals surface area (Å²) in [6.45, 7) is 4.15. The lowest BCUT2D eigenvalue weighted by Gasteiger charge is -2.36. The summed E-state index contributed by atoms with van der Waals surface area (Å²) in [7, 11) is 0. The average molecular weight is 324 g/mol. The molecule has 1 aromatic carbocycles. The van der Waals surface area contributed by atoms with Crippen molar-refractivity contribution >= 4 is 5.91 Å². The van der Waals surface area contributed by atoms with Crippen molar-refractivity contribution in [3.63, 3.8) is 0 Å². The van der Waals surface area contributed by atoms with Gasteiger partial charge in [0.15, 0.2) is 0 Å². The summed E-state index contributed by atoms with van der Waals surface area (Å²) in [6, 6.07) is 13.6. The van der Waals surface area contributed by atoms with E-state index in [1.807, 2.05) is 59.8 Å². The first kappa shape index (κ1) is 16.6. The Kier molecular flexibility index (Phi) is 5.56. The molecule has 0 spiro atoms. The van der Waals surface area contributed by atoms with E-state index >= 15 is 0 Å². The molecule has 24 heavy (non-hydrogen) atoms. The zero-order chi connectivity index (χ0) is 16.8. The lowest BCUT2D eigenvalue weighted by molar-refractivity contribution is -0.134. The first-order valence-electron chi connectivity index (χ1n) is 8.42. The Labute approximate surface area is 143 Å². The minimum absolute atomic E-state index is 0.0578. The highest BCUT2D eigenvalue weighted by Crippen LogP contribution is 2.10. The number of pyridine rings is 1. The molecule has 0 bridgehead atoms. The molecule has 0 unspecified atom stereocenters. The van der Waals surface area contributed by atoms with Gasteiger partial charge < -0.3 is 10.6 Å². The van der Waals surface area contributed by atoms with E-state index in [4.69, 9.17) is 5.73 Å². The number of carbonyl (C=O) groups excluding carboxylic acids is 1. The molecule has 1 fully saturated rings. The first-order chi connectivity index (χ1) is 11.7. The summed E-state index contributed by atoms with van der Waals surface area (Å²) in [5.41, 5.74) is 8.49. The molecule has 0 aliphatic carbocycles. The van der Waals surface area contributed by atoms with Gasteiger partial charge in [-0.2, -0.15) is 0 Å². The molecule has 5 heteroatoms. The summed E-state index contributed by atoms with van der Waals surface area (Å²) in [6.07, 6.45) is 4.23. The first-order valence-corrected chi connectivity index (χ1v) is 8.42. The summed E-state index contributed by atoms with van der Waals surface area (Å²) >= 11 is 0. The second kappa shape index (κ2) is 8.04. The third kappa shape index (κ3) is 4.40. The molecule has 1 aliphatic rings. The molecule has 126 valence electrons. The zero-order valence-corrected chi connectivity index (χ0v) is 13.8. The Morgan fingerprint density at radius 2 is 1.67 bits per heavy atom. The molecule has 1 amide bonds. The number of rotatable bonds is 5. The number of carbonyl (C=O) groups is 1. The molecule has 1 atom stereocenters. The molecule has 1 aromatic heterocycles. The van der Waals surface area contributed by atoms with E-state index in [-0.39, 0.29) is 5.91 Å². The van der Waals surface area contributed by atoms with Crippen LogP contribution in [0.2, 0.25) is 0 Å². The van der Waals surface area contributed by atoms with Crippen molar-refractivity contribution in [3.8, 4) is 0 Å². The molecule has 2 aromatic rings. The van der Waals surface area contributed by atoms with Gasteiger partial charge in [-0.1, -0.05) is 30.3 Å².